The highest BCUT2D eigenvalue weighted by molar-refractivity contribution is 5.85. The summed E-state index contributed by atoms with van der Waals surface area (Å²) < 4.78 is 24.7. The highest BCUT2D eigenvalue weighted by atomic mass is 35.5. The van der Waals surface area contributed by atoms with Gasteiger partial charge in [-0.15, -0.1) is 12.4 Å². The Kier molecular flexibility index (Phi) is 3.52. The molecule has 62 valence electrons. The van der Waals surface area contributed by atoms with E-state index in [-0.39, 0.29) is 25.0 Å². The maximum Gasteiger partial charge on any atom is 0.152 e. The van der Waals surface area contributed by atoms with Crippen molar-refractivity contribution in [3.05, 3.63) is 0 Å². The lowest BCUT2D eigenvalue weighted by Gasteiger charge is -2.11. The van der Waals surface area contributed by atoms with E-state index in [4.69, 9.17) is 0 Å². The van der Waals surface area contributed by atoms with Crippen molar-refractivity contribution < 1.29 is 8.78 Å². The molecular formula is C6H12ClF2N. The Bertz CT molecular complexity index is 112. The Balaban J connectivity index is 0.000000810. The fraction of sp³-hybridized carbons (Fsp3) is 1.00. The first-order chi connectivity index (χ1) is 4.16. The molecule has 1 fully saturated rings. The summed E-state index contributed by atoms with van der Waals surface area (Å²) in [6.45, 7) is 1.17. The lowest BCUT2D eigenvalue weighted by Crippen LogP contribution is -2.28. The van der Waals surface area contributed by atoms with E-state index in [1.807, 2.05) is 6.92 Å². The molecule has 2 atom stereocenters. The Hall–Kier alpha value is 0.110. The van der Waals surface area contributed by atoms with Crippen molar-refractivity contribution in [1.29, 1.82) is 0 Å². The van der Waals surface area contributed by atoms with Crippen molar-refractivity contribution in [2.45, 2.75) is 25.1 Å². The lowest BCUT2D eigenvalue weighted by molar-refractivity contribution is 0.140. The first-order valence-electron chi connectivity index (χ1n) is 3.14. The molecule has 0 aliphatic carbocycles. The fourth-order valence-corrected chi connectivity index (χ4v) is 1.15. The minimum absolute atomic E-state index is 0. The molecule has 1 rings (SSSR count). The van der Waals surface area contributed by atoms with Crippen LogP contribution in [0.25, 0.3) is 0 Å². The van der Waals surface area contributed by atoms with Gasteiger partial charge in [0.2, 0.25) is 0 Å². The zero-order valence-corrected chi connectivity index (χ0v) is 6.68. The van der Waals surface area contributed by atoms with Gasteiger partial charge in [0.15, 0.2) is 5.67 Å². The second kappa shape index (κ2) is 3.49. The van der Waals surface area contributed by atoms with Crippen molar-refractivity contribution >= 4 is 12.4 Å². The van der Waals surface area contributed by atoms with Crippen LogP contribution in [0.2, 0.25) is 0 Å². The van der Waals surface area contributed by atoms with E-state index in [1.165, 1.54) is 0 Å². The normalized spacial score (nSPS) is 39.3. The molecule has 1 nitrogen and oxygen atoms in total. The van der Waals surface area contributed by atoms with E-state index in [1.54, 1.807) is 0 Å². The molecular weight excluding hydrogens is 160 g/mol. The first-order valence-corrected chi connectivity index (χ1v) is 3.14. The molecule has 1 unspecified atom stereocenters. The molecule has 0 aromatic rings. The quantitative estimate of drug-likeness (QED) is 0.630. The predicted molar refractivity (Wildman–Crippen MR) is 39.1 cm³/mol. The summed E-state index contributed by atoms with van der Waals surface area (Å²) in [5.41, 5.74) is -1.57. The van der Waals surface area contributed by atoms with Crippen molar-refractivity contribution in [2.24, 2.45) is 0 Å². The molecule has 1 aliphatic rings. The van der Waals surface area contributed by atoms with E-state index in [0.29, 0.717) is 6.42 Å². The summed E-state index contributed by atoms with van der Waals surface area (Å²) >= 11 is 0. The second-order valence-electron chi connectivity index (χ2n) is 2.77. The van der Waals surface area contributed by atoms with Gasteiger partial charge in [-0.25, -0.2) is 8.78 Å². The summed E-state index contributed by atoms with van der Waals surface area (Å²) in [5, 5.41) is 2.85. The maximum atomic E-state index is 12.9. The molecule has 0 spiro atoms. The fourth-order valence-electron chi connectivity index (χ4n) is 1.15. The molecule has 0 aromatic carbocycles. The predicted octanol–water partition coefficient (Wildman–Crippen LogP) is 1.47. The van der Waals surface area contributed by atoms with Gasteiger partial charge in [0.25, 0.3) is 0 Å². The highest BCUT2D eigenvalue weighted by Gasteiger charge is 2.37. The van der Waals surface area contributed by atoms with Gasteiger partial charge in [-0.3, -0.25) is 0 Å². The van der Waals surface area contributed by atoms with Crippen LogP contribution < -0.4 is 5.32 Å². The zero-order valence-electron chi connectivity index (χ0n) is 5.86. The number of nitrogens with one attached hydrogen (secondary N) is 1. The van der Waals surface area contributed by atoms with Gasteiger partial charge in [-0.2, -0.15) is 0 Å². The number of hydrogen-bond donors (Lipinski definition) is 1. The van der Waals surface area contributed by atoms with Crippen LogP contribution in [-0.2, 0) is 0 Å². The van der Waals surface area contributed by atoms with Crippen LogP contribution in [0, 0.1) is 0 Å². The zero-order chi connectivity index (χ0) is 6.91. The van der Waals surface area contributed by atoms with Crippen molar-refractivity contribution in [1.82, 2.24) is 5.32 Å². The van der Waals surface area contributed by atoms with Gasteiger partial charge < -0.3 is 5.32 Å². The van der Waals surface area contributed by atoms with Crippen LogP contribution in [0.15, 0.2) is 0 Å². The molecule has 0 bridgehead atoms. The van der Waals surface area contributed by atoms with Gasteiger partial charge >= 0.3 is 0 Å². The standard InChI is InChI=1S/C6H11F2N.ClH/c1-5-2-6(8,3-7)4-9-5;/h5,9H,2-4H2,1H3;1H/t5-,6?;/m1./s1. The largest absolute Gasteiger partial charge is 0.311 e. The Morgan fingerprint density at radius 3 is 2.50 bits per heavy atom. The number of rotatable bonds is 1. The smallest absolute Gasteiger partial charge is 0.152 e. The minimum Gasteiger partial charge on any atom is -0.311 e. The molecule has 1 saturated heterocycles. The third kappa shape index (κ3) is 2.06. The summed E-state index contributed by atoms with van der Waals surface area (Å²) in [5.74, 6) is 0. The van der Waals surface area contributed by atoms with E-state index >= 15 is 0 Å². The van der Waals surface area contributed by atoms with Crippen LogP contribution in [0.4, 0.5) is 8.78 Å². The van der Waals surface area contributed by atoms with Crippen molar-refractivity contribution in [2.75, 3.05) is 13.2 Å². The second-order valence-corrected chi connectivity index (χ2v) is 2.77. The van der Waals surface area contributed by atoms with E-state index < -0.39 is 12.3 Å². The molecule has 1 aliphatic heterocycles. The topological polar surface area (TPSA) is 12.0 Å². The molecule has 0 amide bonds. The number of hydrogen-bond acceptors (Lipinski definition) is 1. The van der Waals surface area contributed by atoms with Crippen LogP contribution in [-0.4, -0.2) is 24.9 Å². The molecule has 0 radical (unpaired) electrons. The van der Waals surface area contributed by atoms with E-state index in [0.717, 1.165) is 0 Å². The number of alkyl halides is 2. The first kappa shape index (κ1) is 10.1. The average Bonchev–Trinajstić information content (AvgIpc) is 2.13. The van der Waals surface area contributed by atoms with Gasteiger partial charge in [0.1, 0.15) is 6.67 Å². The Morgan fingerprint density at radius 1 is 1.70 bits per heavy atom. The lowest BCUT2D eigenvalue weighted by atomic mass is 10.1. The third-order valence-electron chi connectivity index (χ3n) is 1.68. The summed E-state index contributed by atoms with van der Waals surface area (Å²) in [6.07, 6.45) is 0.309. The third-order valence-corrected chi connectivity index (χ3v) is 1.68. The van der Waals surface area contributed by atoms with E-state index in [9.17, 15) is 8.78 Å². The molecule has 1 N–H and O–H groups in total. The van der Waals surface area contributed by atoms with E-state index in [2.05, 4.69) is 5.32 Å². The average molecular weight is 172 g/mol. The monoisotopic (exact) mass is 171 g/mol. The minimum atomic E-state index is -1.57. The van der Waals surface area contributed by atoms with Gasteiger partial charge in [0, 0.05) is 19.0 Å². The summed E-state index contributed by atoms with van der Waals surface area (Å²) in [6, 6.07) is 0.130. The van der Waals surface area contributed by atoms with Crippen LogP contribution in [0.1, 0.15) is 13.3 Å². The van der Waals surface area contributed by atoms with Crippen LogP contribution >= 0.6 is 12.4 Å². The van der Waals surface area contributed by atoms with Gasteiger partial charge in [0.05, 0.1) is 0 Å². The van der Waals surface area contributed by atoms with Gasteiger partial charge in [-0.1, -0.05) is 0 Å². The van der Waals surface area contributed by atoms with Crippen LogP contribution in [0.3, 0.4) is 0 Å². The SMILES string of the molecule is C[C@@H]1CC(F)(CF)CN1.Cl. The molecule has 10 heavy (non-hydrogen) atoms. The number of halogens is 3. The molecule has 4 heteroatoms. The molecule has 0 aromatic heterocycles. The van der Waals surface area contributed by atoms with Crippen molar-refractivity contribution in [3.8, 4) is 0 Å². The highest BCUT2D eigenvalue weighted by Crippen LogP contribution is 2.23. The summed E-state index contributed by atoms with van der Waals surface area (Å²) in [7, 11) is 0. The Morgan fingerprint density at radius 2 is 2.30 bits per heavy atom. The van der Waals surface area contributed by atoms with Gasteiger partial charge in [-0.05, 0) is 6.92 Å². The maximum absolute atomic E-state index is 12.9. The molecule has 1 heterocycles. The molecule has 0 saturated carbocycles. The Labute approximate surface area is 65.6 Å². The van der Waals surface area contributed by atoms with Crippen molar-refractivity contribution in [3.63, 3.8) is 0 Å². The summed E-state index contributed by atoms with van der Waals surface area (Å²) in [4.78, 5) is 0. The van der Waals surface area contributed by atoms with Crippen LogP contribution in [0.5, 0.6) is 0 Å².